The van der Waals surface area contributed by atoms with E-state index in [9.17, 15) is 13.2 Å². The SMILES string of the molecule is C#Cc1ccc(F)c(C2CC(C)SC(N)=N2)c1.CF.CF. The predicted octanol–water partition coefficient (Wildman–Crippen LogP) is 3.86. The van der Waals surface area contributed by atoms with Crippen molar-refractivity contribution in [2.45, 2.75) is 24.6 Å². The number of alkyl halides is 2. The van der Waals surface area contributed by atoms with Crippen LogP contribution < -0.4 is 5.73 Å². The third kappa shape index (κ3) is 5.72. The summed E-state index contributed by atoms with van der Waals surface area (Å²) < 4.78 is 32.8. The van der Waals surface area contributed by atoms with Gasteiger partial charge in [0.2, 0.25) is 0 Å². The van der Waals surface area contributed by atoms with E-state index in [0.717, 1.165) is 6.42 Å². The summed E-state index contributed by atoms with van der Waals surface area (Å²) in [4.78, 5) is 4.29. The molecule has 1 aromatic carbocycles. The molecule has 0 radical (unpaired) electrons. The number of thioether (sulfide) groups is 1. The second-order valence-corrected chi connectivity index (χ2v) is 5.49. The Hall–Kier alpha value is -1.61. The van der Waals surface area contributed by atoms with Crippen LogP contribution in [0.15, 0.2) is 23.2 Å². The molecule has 0 amide bonds. The summed E-state index contributed by atoms with van der Waals surface area (Å²) >= 11 is 1.52. The number of halogens is 3. The maximum atomic E-state index is 13.8. The molecule has 116 valence electrons. The van der Waals surface area contributed by atoms with Crippen molar-refractivity contribution < 1.29 is 13.2 Å². The summed E-state index contributed by atoms with van der Waals surface area (Å²) in [5, 5.41) is 0.852. The molecular weight excluding hydrogens is 297 g/mol. The highest BCUT2D eigenvalue weighted by Crippen LogP contribution is 2.34. The summed E-state index contributed by atoms with van der Waals surface area (Å²) in [6.07, 6.45) is 6.09. The van der Waals surface area contributed by atoms with Gasteiger partial charge in [-0.15, -0.1) is 6.42 Å². The van der Waals surface area contributed by atoms with Gasteiger partial charge in [0.05, 0.1) is 20.4 Å². The number of aliphatic imine (C=N–C) groups is 1. The Morgan fingerprint density at radius 3 is 2.48 bits per heavy atom. The molecule has 6 heteroatoms. The van der Waals surface area contributed by atoms with Crippen LogP contribution in [0, 0.1) is 18.2 Å². The van der Waals surface area contributed by atoms with Gasteiger partial charge in [-0.3, -0.25) is 13.8 Å². The van der Waals surface area contributed by atoms with E-state index in [-0.39, 0.29) is 11.9 Å². The number of hydrogen-bond acceptors (Lipinski definition) is 3. The van der Waals surface area contributed by atoms with Crippen LogP contribution in [0.2, 0.25) is 0 Å². The van der Waals surface area contributed by atoms with Gasteiger partial charge < -0.3 is 5.73 Å². The first-order valence-electron chi connectivity index (χ1n) is 6.11. The molecule has 0 fully saturated rings. The first-order chi connectivity index (χ1) is 10.1. The van der Waals surface area contributed by atoms with Crippen molar-refractivity contribution in [2.24, 2.45) is 10.7 Å². The lowest BCUT2D eigenvalue weighted by atomic mass is 10.00. The number of nitrogens with two attached hydrogens (primary N) is 1. The van der Waals surface area contributed by atoms with Crippen molar-refractivity contribution in [2.75, 3.05) is 14.4 Å². The fraction of sp³-hybridized carbons (Fsp3) is 0.400. The number of rotatable bonds is 1. The highest BCUT2D eigenvalue weighted by Gasteiger charge is 2.23. The molecule has 0 saturated carbocycles. The first kappa shape index (κ1) is 19.4. The molecule has 1 aliphatic heterocycles. The van der Waals surface area contributed by atoms with Crippen molar-refractivity contribution >= 4 is 16.9 Å². The van der Waals surface area contributed by atoms with Gasteiger partial charge in [0, 0.05) is 16.4 Å². The van der Waals surface area contributed by atoms with Crippen LogP contribution in [0.3, 0.4) is 0 Å². The average Bonchev–Trinajstić information content (AvgIpc) is 2.51. The van der Waals surface area contributed by atoms with E-state index in [1.165, 1.54) is 17.8 Å². The molecule has 0 saturated heterocycles. The Morgan fingerprint density at radius 1 is 1.33 bits per heavy atom. The van der Waals surface area contributed by atoms with Crippen LogP contribution in [-0.2, 0) is 0 Å². The molecular formula is C15H19F3N2S. The number of hydrogen-bond donors (Lipinski definition) is 1. The van der Waals surface area contributed by atoms with E-state index in [0.29, 0.717) is 35.9 Å². The molecule has 2 N–H and O–H groups in total. The first-order valence-corrected chi connectivity index (χ1v) is 6.99. The maximum Gasteiger partial charge on any atom is 0.154 e. The quantitative estimate of drug-likeness (QED) is 0.799. The predicted molar refractivity (Wildman–Crippen MR) is 84.4 cm³/mol. The monoisotopic (exact) mass is 316 g/mol. The molecule has 2 atom stereocenters. The molecule has 2 rings (SSSR count). The lowest BCUT2D eigenvalue weighted by Crippen LogP contribution is -2.21. The Bertz CT molecular complexity index is 512. The van der Waals surface area contributed by atoms with Crippen LogP contribution in [-0.4, -0.2) is 24.8 Å². The van der Waals surface area contributed by atoms with Crippen LogP contribution in [0.4, 0.5) is 13.2 Å². The minimum absolute atomic E-state index is 0.223. The van der Waals surface area contributed by atoms with E-state index < -0.39 is 0 Å². The Kier molecular flexibility index (Phi) is 9.39. The van der Waals surface area contributed by atoms with Gasteiger partial charge in [0.25, 0.3) is 0 Å². The van der Waals surface area contributed by atoms with Gasteiger partial charge in [0.15, 0.2) is 5.17 Å². The average molecular weight is 316 g/mol. The molecule has 1 aliphatic rings. The van der Waals surface area contributed by atoms with Crippen molar-refractivity contribution in [3.8, 4) is 12.3 Å². The highest BCUT2D eigenvalue weighted by atomic mass is 32.2. The van der Waals surface area contributed by atoms with Gasteiger partial charge in [0.1, 0.15) is 5.82 Å². The number of nitrogens with zero attached hydrogens (tertiary/aromatic N) is 1. The lowest BCUT2D eigenvalue weighted by Gasteiger charge is -2.23. The minimum atomic E-state index is -0.273. The molecule has 2 unspecified atom stereocenters. The third-order valence-corrected chi connectivity index (χ3v) is 3.62. The molecule has 2 nitrogen and oxygen atoms in total. The van der Waals surface area contributed by atoms with Crippen LogP contribution in [0.5, 0.6) is 0 Å². The van der Waals surface area contributed by atoms with Crippen molar-refractivity contribution in [1.82, 2.24) is 0 Å². The zero-order chi connectivity index (χ0) is 16.4. The number of terminal acetylenes is 1. The Labute approximate surface area is 128 Å². The molecule has 0 bridgehead atoms. The zero-order valence-electron chi connectivity index (χ0n) is 12.2. The zero-order valence-corrected chi connectivity index (χ0v) is 13.1. The molecule has 0 aliphatic carbocycles. The summed E-state index contributed by atoms with van der Waals surface area (Å²) in [6, 6.07) is 4.44. The summed E-state index contributed by atoms with van der Waals surface area (Å²) in [6.45, 7) is 2.06. The summed E-state index contributed by atoms with van der Waals surface area (Å²) in [5.41, 5.74) is 6.93. The molecule has 21 heavy (non-hydrogen) atoms. The fourth-order valence-corrected chi connectivity index (χ4v) is 2.77. The van der Waals surface area contributed by atoms with Gasteiger partial charge in [-0.2, -0.15) is 0 Å². The van der Waals surface area contributed by atoms with E-state index in [4.69, 9.17) is 12.2 Å². The number of amidine groups is 1. The van der Waals surface area contributed by atoms with Gasteiger partial charge in [-0.05, 0) is 24.6 Å². The topological polar surface area (TPSA) is 38.4 Å². The summed E-state index contributed by atoms with van der Waals surface area (Å²) in [7, 11) is 1.00. The van der Waals surface area contributed by atoms with Crippen molar-refractivity contribution in [1.29, 1.82) is 0 Å². The van der Waals surface area contributed by atoms with Crippen molar-refractivity contribution in [3.05, 3.63) is 35.1 Å². The molecule has 0 aromatic heterocycles. The third-order valence-electron chi connectivity index (χ3n) is 2.68. The Balaban J connectivity index is 0.000000921. The smallest absolute Gasteiger partial charge is 0.154 e. The summed E-state index contributed by atoms with van der Waals surface area (Å²) in [5.74, 6) is 2.23. The van der Waals surface area contributed by atoms with E-state index >= 15 is 0 Å². The van der Waals surface area contributed by atoms with Crippen LogP contribution >= 0.6 is 11.8 Å². The molecule has 0 spiro atoms. The van der Waals surface area contributed by atoms with Crippen LogP contribution in [0.25, 0.3) is 0 Å². The van der Waals surface area contributed by atoms with E-state index in [2.05, 4.69) is 17.8 Å². The van der Waals surface area contributed by atoms with E-state index in [1.54, 1.807) is 12.1 Å². The normalized spacial score (nSPS) is 20.0. The van der Waals surface area contributed by atoms with E-state index in [1.807, 2.05) is 0 Å². The van der Waals surface area contributed by atoms with Gasteiger partial charge in [-0.1, -0.05) is 24.6 Å². The highest BCUT2D eigenvalue weighted by molar-refractivity contribution is 8.14. The minimum Gasteiger partial charge on any atom is -0.379 e. The van der Waals surface area contributed by atoms with Crippen LogP contribution in [0.1, 0.15) is 30.5 Å². The second kappa shape index (κ2) is 10.2. The van der Waals surface area contributed by atoms with Gasteiger partial charge >= 0.3 is 0 Å². The molecule has 1 heterocycles. The lowest BCUT2D eigenvalue weighted by molar-refractivity contribution is 0.562. The van der Waals surface area contributed by atoms with Crippen molar-refractivity contribution in [3.63, 3.8) is 0 Å². The Morgan fingerprint density at radius 2 is 1.95 bits per heavy atom. The maximum absolute atomic E-state index is 13.8. The fourth-order valence-electron chi connectivity index (χ4n) is 1.89. The molecule has 1 aromatic rings. The van der Waals surface area contributed by atoms with Gasteiger partial charge in [-0.25, -0.2) is 4.39 Å². The standard InChI is InChI=1S/C13H13FN2S.2CH3F/c1-3-9-4-5-11(14)10(7-9)12-6-8(2)17-13(15)16-12;2*1-2/h1,4-5,7-8,12H,6H2,2H3,(H2,15,16);2*1H3. The second-order valence-electron chi connectivity index (χ2n) is 4.03. The largest absolute Gasteiger partial charge is 0.379 e. The number of benzene rings is 1.